The Hall–Kier alpha value is -2.93. The van der Waals surface area contributed by atoms with E-state index in [0.717, 1.165) is 28.6 Å². The smallest absolute Gasteiger partial charge is 0.410 e. The molecule has 0 saturated heterocycles. The number of allylic oxidation sites excluding steroid dienone is 1. The number of nitrogens with zero attached hydrogens (tertiary/aromatic N) is 2. The molecule has 0 N–H and O–H groups in total. The van der Waals surface area contributed by atoms with E-state index in [-0.39, 0.29) is 12.0 Å². The van der Waals surface area contributed by atoms with E-state index in [9.17, 15) is 9.59 Å². The van der Waals surface area contributed by atoms with Crippen LogP contribution in [0.4, 0.5) is 4.79 Å². The number of carbonyl (C=O) groups excluding carboxylic acids is 3. The summed E-state index contributed by atoms with van der Waals surface area (Å²) in [6, 6.07) is 13.8. The molecule has 3 rings (SSSR count). The third-order valence-electron chi connectivity index (χ3n) is 4.61. The Morgan fingerprint density at radius 2 is 1.59 bits per heavy atom. The minimum Gasteiger partial charge on any atom is -0.444 e. The molecule has 7 heteroatoms. The number of hydrogen-bond acceptors (Lipinski definition) is 4. The lowest BCUT2D eigenvalue weighted by Gasteiger charge is -2.31. The standard InChI is InChI=1S/C14H18BrNO2.C10H13NO.C3H6.C2H6.CH2O/c1-14(2,3)18-13(17)16-7-6-10-8-12(15)5-4-11(10)9-16;1-8-6-4-5-7-9(8)10(12)11(2)3;1-3-2;2*1-2/h4-5,8H,6-7,9H2,1-3H3;4-7H,1-3H3;3H,1H2,2H3;1-2H3;1H2. The number of benzene rings is 2. The second-order valence-corrected chi connectivity index (χ2v) is 9.90. The zero-order chi connectivity index (χ0) is 29.2. The average molecular weight is 578 g/mol. The van der Waals surface area contributed by atoms with E-state index >= 15 is 0 Å². The number of fused-ring (bicyclic) bond motifs is 1. The fraction of sp³-hybridized carbons (Fsp3) is 0.433. The molecule has 0 spiro atoms. The molecule has 6 nitrogen and oxygen atoms in total. The predicted octanol–water partition coefficient (Wildman–Crippen LogP) is 7.47. The number of amides is 2. The van der Waals surface area contributed by atoms with Gasteiger partial charge in [-0.15, -0.1) is 6.58 Å². The third-order valence-corrected chi connectivity index (χ3v) is 5.11. The van der Waals surface area contributed by atoms with Crippen LogP contribution in [0.3, 0.4) is 0 Å². The van der Waals surface area contributed by atoms with Crippen LogP contribution in [-0.4, -0.2) is 54.8 Å². The number of halogens is 1. The number of aryl methyl sites for hydroxylation is 1. The molecule has 2 amide bonds. The SMILES string of the molecule is C=CC.C=O.CC.CC(C)(C)OC(=O)N1CCc2cc(Br)ccc2C1.Cc1ccccc1C(=O)N(C)C. The van der Waals surface area contributed by atoms with Crippen molar-refractivity contribution in [1.82, 2.24) is 9.80 Å². The number of rotatable bonds is 1. The van der Waals surface area contributed by atoms with Crippen LogP contribution in [0.25, 0.3) is 0 Å². The highest BCUT2D eigenvalue weighted by Crippen LogP contribution is 2.24. The molecule has 0 atom stereocenters. The van der Waals surface area contributed by atoms with E-state index in [2.05, 4.69) is 34.6 Å². The van der Waals surface area contributed by atoms with Crippen LogP contribution >= 0.6 is 15.9 Å². The fourth-order valence-electron chi connectivity index (χ4n) is 3.06. The molecule has 0 fully saturated rings. The number of ether oxygens (including phenoxy) is 1. The van der Waals surface area contributed by atoms with Crippen LogP contribution in [0.2, 0.25) is 0 Å². The van der Waals surface area contributed by atoms with Crippen molar-refractivity contribution < 1.29 is 19.1 Å². The van der Waals surface area contributed by atoms with Crippen LogP contribution in [0.15, 0.2) is 59.6 Å². The lowest BCUT2D eigenvalue weighted by Crippen LogP contribution is -2.39. The summed E-state index contributed by atoms with van der Waals surface area (Å²) in [4.78, 5) is 34.8. The zero-order valence-corrected chi connectivity index (χ0v) is 25.6. The van der Waals surface area contributed by atoms with Crippen molar-refractivity contribution in [3.05, 3.63) is 81.8 Å². The second kappa shape index (κ2) is 19.2. The van der Waals surface area contributed by atoms with E-state index in [1.165, 1.54) is 11.1 Å². The Bertz CT molecular complexity index is 968. The molecule has 0 saturated carbocycles. The van der Waals surface area contributed by atoms with Crippen molar-refractivity contribution >= 4 is 34.7 Å². The highest BCUT2D eigenvalue weighted by molar-refractivity contribution is 9.10. The van der Waals surface area contributed by atoms with Crippen LogP contribution in [0, 0.1) is 6.92 Å². The third kappa shape index (κ3) is 14.4. The first-order valence-corrected chi connectivity index (χ1v) is 13.1. The summed E-state index contributed by atoms with van der Waals surface area (Å²) in [5, 5.41) is 0. The molecule has 2 aromatic rings. The molecule has 0 aromatic heterocycles. The molecular formula is C30H45BrN2O4. The van der Waals surface area contributed by atoms with Gasteiger partial charge in [-0.3, -0.25) is 4.79 Å². The summed E-state index contributed by atoms with van der Waals surface area (Å²) in [5.74, 6) is 0.0631. The molecule has 0 aliphatic carbocycles. The predicted molar refractivity (Wildman–Crippen MR) is 158 cm³/mol. The lowest BCUT2D eigenvalue weighted by molar-refractivity contribution is -0.0980. The molecule has 206 valence electrons. The number of hydrogen-bond donors (Lipinski definition) is 0. The van der Waals surface area contributed by atoms with E-state index in [4.69, 9.17) is 9.53 Å². The highest BCUT2D eigenvalue weighted by Gasteiger charge is 2.25. The normalized spacial score (nSPS) is 11.1. The fourth-order valence-corrected chi connectivity index (χ4v) is 3.47. The summed E-state index contributed by atoms with van der Waals surface area (Å²) < 4.78 is 6.48. The first-order chi connectivity index (χ1) is 17.4. The monoisotopic (exact) mass is 576 g/mol. The van der Waals surface area contributed by atoms with Gasteiger partial charge in [-0.05, 0) is 75.9 Å². The maximum atomic E-state index is 12.0. The highest BCUT2D eigenvalue weighted by atomic mass is 79.9. The maximum absolute atomic E-state index is 12.0. The molecule has 0 unspecified atom stereocenters. The van der Waals surface area contributed by atoms with Crippen LogP contribution in [0.5, 0.6) is 0 Å². The van der Waals surface area contributed by atoms with Crippen LogP contribution in [-0.2, 0) is 22.5 Å². The summed E-state index contributed by atoms with van der Waals surface area (Å²) in [5.41, 5.74) is 3.88. The van der Waals surface area contributed by atoms with E-state index < -0.39 is 5.60 Å². The van der Waals surface area contributed by atoms with Gasteiger partial charge in [0.2, 0.25) is 0 Å². The Morgan fingerprint density at radius 3 is 2.08 bits per heavy atom. The van der Waals surface area contributed by atoms with Crippen molar-refractivity contribution in [3.8, 4) is 0 Å². The van der Waals surface area contributed by atoms with Gasteiger partial charge in [0.05, 0.1) is 0 Å². The Kier molecular flexibility index (Phi) is 18.8. The largest absolute Gasteiger partial charge is 0.444 e. The second-order valence-electron chi connectivity index (χ2n) is 8.99. The average Bonchev–Trinajstić information content (AvgIpc) is 2.86. The van der Waals surface area contributed by atoms with Crippen LogP contribution in [0.1, 0.15) is 68.6 Å². The Labute approximate surface area is 232 Å². The van der Waals surface area contributed by atoms with Crippen molar-refractivity contribution in [1.29, 1.82) is 0 Å². The Morgan fingerprint density at radius 1 is 1.05 bits per heavy atom. The molecule has 37 heavy (non-hydrogen) atoms. The van der Waals surface area contributed by atoms with Crippen LogP contribution < -0.4 is 0 Å². The summed E-state index contributed by atoms with van der Waals surface area (Å²) >= 11 is 3.47. The number of carbonyl (C=O) groups is 3. The molecule has 0 radical (unpaired) electrons. The van der Waals surface area contributed by atoms with E-state index in [0.29, 0.717) is 6.54 Å². The van der Waals surface area contributed by atoms with Gasteiger partial charge in [0, 0.05) is 37.2 Å². The van der Waals surface area contributed by atoms with Gasteiger partial charge in [-0.2, -0.15) is 0 Å². The van der Waals surface area contributed by atoms with Crippen molar-refractivity contribution in [2.75, 3.05) is 20.6 Å². The molecule has 2 aromatic carbocycles. The first-order valence-electron chi connectivity index (χ1n) is 12.3. The summed E-state index contributed by atoms with van der Waals surface area (Å²) in [6.45, 7) is 20.2. The maximum Gasteiger partial charge on any atom is 0.410 e. The van der Waals surface area contributed by atoms with E-state index in [1.807, 2.05) is 85.6 Å². The first kappa shape index (κ1) is 36.2. The van der Waals surface area contributed by atoms with Gasteiger partial charge >= 0.3 is 6.09 Å². The van der Waals surface area contributed by atoms with Crippen molar-refractivity contribution in [2.45, 2.75) is 67.0 Å². The van der Waals surface area contributed by atoms with Gasteiger partial charge in [0.1, 0.15) is 12.4 Å². The molecular weight excluding hydrogens is 532 g/mol. The molecule has 1 aliphatic rings. The van der Waals surface area contributed by atoms with Gasteiger partial charge in [-0.25, -0.2) is 4.79 Å². The molecule has 1 heterocycles. The van der Waals surface area contributed by atoms with Crippen molar-refractivity contribution in [2.24, 2.45) is 0 Å². The van der Waals surface area contributed by atoms with Gasteiger partial charge in [0.25, 0.3) is 5.91 Å². The summed E-state index contributed by atoms with van der Waals surface area (Å²) in [6.07, 6.45) is 2.41. The quantitative estimate of drug-likeness (QED) is 0.330. The molecule has 0 bridgehead atoms. The lowest BCUT2D eigenvalue weighted by atomic mass is 10.0. The Balaban J connectivity index is 0. The summed E-state index contributed by atoms with van der Waals surface area (Å²) in [7, 11) is 3.52. The van der Waals surface area contributed by atoms with Gasteiger partial charge in [0.15, 0.2) is 0 Å². The zero-order valence-electron chi connectivity index (χ0n) is 24.1. The van der Waals surface area contributed by atoms with Gasteiger partial charge < -0.3 is 19.3 Å². The minimum atomic E-state index is -0.433. The van der Waals surface area contributed by atoms with Gasteiger partial charge in [-0.1, -0.05) is 60.1 Å². The minimum absolute atomic E-state index is 0.0631. The topological polar surface area (TPSA) is 66.9 Å². The van der Waals surface area contributed by atoms with E-state index in [1.54, 1.807) is 30.0 Å². The molecule has 1 aliphatic heterocycles. The van der Waals surface area contributed by atoms with Crippen molar-refractivity contribution in [3.63, 3.8) is 0 Å².